The Morgan fingerprint density at radius 2 is 2.40 bits per heavy atom. The number of amides is 1. The highest BCUT2D eigenvalue weighted by molar-refractivity contribution is 8.14. The smallest absolute Gasteiger partial charge is 0.407 e. The Hall–Kier alpha value is -0.710. The van der Waals surface area contributed by atoms with Gasteiger partial charge < -0.3 is 10.1 Å². The minimum absolute atomic E-state index is 0.0479. The molecule has 1 amide bonds. The number of nitrogens with one attached hydrogen (secondary N) is 1. The Labute approximate surface area is 93.1 Å². The molecule has 15 heavy (non-hydrogen) atoms. The molecule has 0 radical (unpaired) electrons. The summed E-state index contributed by atoms with van der Waals surface area (Å²) < 4.78 is 5.04. The Morgan fingerprint density at radius 1 is 1.67 bits per heavy atom. The number of carbonyl (C=O) groups excluding carboxylic acids is 2. The van der Waals surface area contributed by atoms with E-state index in [9.17, 15) is 9.59 Å². The predicted octanol–water partition coefficient (Wildman–Crippen LogP) is 1.40. The fourth-order valence-corrected chi connectivity index (χ4v) is 2.56. The van der Waals surface area contributed by atoms with Crippen LogP contribution >= 0.6 is 11.8 Å². The first-order valence-electron chi connectivity index (χ1n) is 5.26. The summed E-state index contributed by atoms with van der Waals surface area (Å²) in [6, 6.07) is -0.334. The number of hydrogen-bond acceptors (Lipinski definition) is 4. The molecule has 0 spiro atoms. The molecule has 1 aliphatic carbocycles. The van der Waals surface area contributed by atoms with Crippen molar-refractivity contribution in [3.8, 4) is 0 Å². The highest BCUT2D eigenvalue weighted by Crippen LogP contribution is 2.37. The molecule has 1 saturated carbocycles. The topological polar surface area (TPSA) is 55.4 Å². The van der Waals surface area contributed by atoms with E-state index in [4.69, 9.17) is 4.74 Å². The van der Waals surface area contributed by atoms with Crippen LogP contribution in [0.4, 0.5) is 4.79 Å². The first-order chi connectivity index (χ1) is 7.16. The summed E-state index contributed by atoms with van der Waals surface area (Å²) in [4.78, 5) is 22.5. The van der Waals surface area contributed by atoms with Gasteiger partial charge in [-0.2, -0.15) is 0 Å². The van der Waals surface area contributed by atoms with E-state index in [1.807, 2.05) is 0 Å². The number of thioether (sulfide) groups is 1. The monoisotopic (exact) mass is 229 g/mol. The molecule has 1 N–H and O–H groups in total. The lowest BCUT2D eigenvalue weighted by Gasteiger charge is -2.10. The second-order valence-electron chi connectivity index (χ2n) is 4.22. The van der Waals surface area contributed by atoms with E-state index < -0.39 is 6.09 Å². The van der Waals surface area contributed by atoms with Gasteiger partial charge in [0.15, 0.2) is 0 Å². The van der Waals surface area contributed by atoms with Gasteiger partial charge in [-0.05, 0) is 24.7 Å². The summed E-state index contributed by atoms with van der Waals surface area (Å²) in [6.07, 6.45) is 1.42. The summed E-state index contributed by atoms with van der Waals surface area (Å²) >= 11 is 1.28. The predicted molar refractivity (Wildman–Crippen MR) is 57.6 cm³/mol. The lowest BCUT2D eigenvalue weighted by Crippen LogP contribution is -2.37. The summed E-state index contributed by atoms with van der Waals surface area (Å²) in [5, 5.41) is 2.64. The minimum atomic E-state index is -0.449. The molecule has 0 bridgehead atoms. The second kappa shape index (κ2) is 4.43. The average Bonchev–Trinajstić information content (AvgIpc) is 2.76. The van der Waals surface area contributed by atoms with Crippen molar-refractivity contribution >= 4 is 23.0 Å². The standard InChI is InChI=1S/C10H15NO3S/c1-6-4-7(6)5-14-10(13)11-8-2-3-15-9(8)12/h6-8H,2-5H2,1H3,(H,11,13). The first kappa shape index (κ1) is 10.8. The van der Waals surface area contributed by atoms with Crippen LogP contribution in [0, 0.1) is 11.8 Å². The number of rotatable bonds is 3. The fourth-order valence-electron chi connectivity index (χ4n) is 1.62. The SMILES string of the molecule is CC1CC1COC(=O)NC1CCSC1=O. The van der Waals surface area contributed by atoms with Crippen LogP contribution in [0.15, 0.2) is 0 Å². The highest BCUT2D eigenvalue weighted by atomic mass is 32.2. The number of hydrogen-bond donors (Lipinski definition) is 1. The third kappa shape index (κ3) is 2.87. The molecular formula is C10H15NO3S. The zero-order chi connectivity index (χ0) is 10.8. The van der Waals surface area contributed by atoms with Gasteiger partial charge in [0.05, 0.1) is 6.61 Å². The zero-order valence-corrected chi connectivity index (χ0v) is 9.51. The highest BCUT2D eigenvalue weighted by Gasteiger charge is 2.34. The van der Waals surface area contributed by atoms with Crippen molar-refractivity contribution in [3.05, 3.63) is 0 Å². The quantitative estimate of drug-likeness (QED) is 0.794. The van der Waals surface area contributed by atoms with Crippen molar-refractivity contribution in [1.29, 1.82) is 0 Å². The van der Waals surface area contributed by atoms with Crippen molar-refractivity contribution < 1.29 is 14.3 Å². The van der Waals surface area contributed by atoms with Gasteiger partial charge in [0.1, 0.15) is 6.04 Å². The first-order valence-corrected chi connectivity index (χ1v) is 6.25. The van der Waals surface area contributed by atoms with Gasteiger partial charge in [-0.3, -0.25) is 4.79 Å². The maximum Gasteiger partial charge on any atom is 0.407 e. The molecular weight excluding hydrogens is 214 g/mol. The Bertz CT molecular complexity index is 282. The van der Waals surface area contributed by atoms with Crippen LogP contribution in [-0.2, 0) is 9.53 Å². The van der Waals surface area contributed by atoms with Crippen LogP contribution in [0.1, 0.15) is 19.8 Å². The maximum absolute atomic E-state index is 11.3. The summed E-state index contributed by atoms with van der Waals surface area (Å²) in [7, 11) is 0. The summed E-state index contributed by atoms with van der Waals surface area (Å²) in [6.45, 7) is 2.63. The van der Waals surface area contributed by atoms with Crippen LogP contribution in [0.5, 0.6) is 0 Å². The van der Waals surface area contributed by atoms with E-state index in [1.54, 1.807) is 0 Å². The molecule has 0 aromatic rings. The molecule has 2 rings (SSSR count). The molecule has 4 nitrogen and oxygen atoms in total. The molecule has 3 unspecified atom stereocenters. The van der Waals surface area contributed by atoms with Crippen LogP contribution in [0.25, 0.3) is 0 Å². The van der Waals surface area contributed by atoms with Crippen LogP contribution in [0.3, 0.4) is 0 Å². The minimum Gasteiger partial charge on any atom is -0.449 e. The van der Waals surface area contributed by atoms with Crippen molar-refractivity contribution in [1.82, 2.24) is 5.32 Å². The molecule has 1 aliphatic heterocycles. The molecule has 2 aliphatic rings. The number of alkyl carbamates (subject to hydrolysis) is 1. The molecule has 3 atom stereocenters. The van der Waals surface area contributed by atoms with Gasteiger partial charge in [0.2, 0.25) is 5.12 Å². The Balaban J connectivity index is 1.65. The molecule has 1 saturated heterocycles. The van der Waals surface area contributed by atoms with Gasteiger partial charge in [-0.25, -0.2) is 4.79 Å². The normalized spacial score (nSPS) is 33.9. The molecule has 0 aromatic heterocycles. The molecule has 0 aromatic carbocycles. The average molecular weight is 229 g/mol. The van der Waals surface area contributed by atoms with Gasteiger partial charge in [-0.15, -0.1) is 0 Å². The van der Waals surface area contributed by atoms with E-state index in [0.29, 0.717) is 18.4 Å². The van der Waals surface area contributed by atoms with E-state index >= 15 is 0 Å². The van der Waals surface area contributed by atoms with E-state index in [0.717, 1.165) is 18.6 Å². The van der Waals surface area contributed by atoms with Crippen molar-refractivity contribution in [2.75, 3.05) is 12.4 Å². The van der Waals surface area contributed by atoms with Crippen LogP contribution < -0.4 is 5.32 Å². The number of ether oxygens (including phenoxy) is 1. The van der Waals surface area contributed by atoms with E-state index in [1.165, 1.54) is 11.8 Å². The van der Waals surface area contributed by atoms with Gasteiger partial charge in [0.25, 0.3) is 0 Å². The summed E-state index contributed by atoms with van der Waals surface area (Å²) in [5.74, 6) is 2.01. The lowest BCUT2D eigenvalue weighted by atomic mass is 10.3. The van der Waals surface area contributed by atoms with Gasteiger partial charge in [0, 0.05) is 5.75 Å². The molecule has 2 fully saturated rings. The summed E-state index contributed by atoms with van der Waals surface area (Å²) in [5.41, 5.74) is 0. The maximum atomic E-state index is 11.3. The van der Waals surface area contributed by atoms with Gasteiger partial charge >= 0.3 is 6.09 Å². The van der Waals surface area contributed by atoms with Gasteiger partial charge in [-0.1, -0.05) is 18.7 Å². The zero-order valence-electron chi connectivity index (χ0n) is 8.69. The van der Waals surface area contributed by atoms with Crippen molar-refractivity contribution in [2.24, 2.45) is 11.8 Å². The fraction of sp³-hybridized carbons (Fsp3) is 0.800. The lowest BCUT2D eigenvalue weighted by molar-refractivity contribution is -0.112. The van der Waals surface area contributed by atoms with Crippen molar-refractivity contribution in [2.45, 2.75) is 25.8 Å². The molecule has 1 heterocycles. The van der Waals surface area contributed by atoms with E-state index in [-0.39, 0.29) is 11.2 Å². The molecule has 84 valence electrons. The van der Waals surface area contributed by atoms with Crippen molar-refractivity contribution in [3.63, 3.8) is 0 Å². The Kier molecular flexibility index (Phi) is 3.19. The van der Waals surface area contributed by atoms with E-state index in [2.05, 4.69) is 12.2 Å². The largest absolute Gasteiger partial charge is 0.449 e. The second-order valence-corrected chi connectivity index (χ2v) is 5.32. The molecule has 5 heteroatoms. The third-order valence-corrected chi connectivity index (χ3v) is 3.94. The number of carbonyl (C=O) groups is 2. The third-order valence-electron chi connectivity index (χ3n) is 2.93. The van der Waals surface area contributed by atoms with Crippen LogP contribution in [0.2, 0.25) is 0 Å². The van der Waals surface area contributed by atoms with Crippen LogP contribution in [-0.4, -0.2) is 29.6 Å². The Morgan fingerprint density at radius 3 is 2.93 bits per heavy atom.